The van der Waals surface area contributed by atoms with Gasteiger partial charge in [-0.25, -0.2) is 4.39 Å². The number of rotatable bonds is 2. The molecule has 4 nitrogen and oxygen atoms in total. The van der Waals surface area contributed by atoms with Crippen LogP contribution in [0.3, 0.4) is 0 Å². The van der Waals surface area contributed by atoms with Crippen molar-refractivity contribution in [2.45, 2.75) is 6.92 Å². The number of anilines is 1. The fraction of sp³-hybridized carbons (Fsp3) is 0.188. The summed E-state index contributed by atoms with van der Waals surface area (Å²) in [7, 11) is 0. The molecule has 1 heterocycles. The number of hydrogen-bond acceptors (Lipinski definition) is 3. The predicted molar refractivity (Wildman–Crippen MR) is 84.2 cm³/mol. The third-order valence-electron chi connectivity index (χ3n) is 3.31. The number of fused-ring (bicyclic) bond motifs is 1. The summed E-state index contributed by atoms with van der Waals surface area (Å²) >= 11 is 3.38. The van der Waals surface area contributed by atoms with Gasteiger partial charge in [0, 0.05) is 22.2 Å². The van der Waals surface area contributed by atoms with Gasteiger partial charge in [-0.2, -0.15) is 0 Å². The van der Waals surface area contributed by atoms with Crippen LogP contribution in [0.15, 0.2) is 34.8 Å². The molecule has 0 unspecified atom stereocenters. The van der Waals surface area contributed by atoms with E-state index in [0.717, 1.165) is 0 Å². The molecule has 0 aromatic heterocycles. The summed E-state index contributed by atoms with van der Waals surface area (Å²) in [5.74, 6) is 0.391. The summed E-state index contributed by atoms with van der Waals surface area (Å²) in [6.45, 7) is 2.60. The van der Waals surface area contributed by atoms with Gasteiger partial charge in [-0.15, -0.1) is 0 Å². The third-order valence-corrected chi connectivity index (χ3v) is 3.97. The molecule has 3 rings (SSSR count). The van der Waals surface area contributed by atoms with Crippen LogP contribution in [0, 0.1) is 12.7 Å². The highest BCUT2D eigenvalue weighted by atomic mass is 79.9. The zero-order valence-electron chi connectivity index (χ0n) is 11.8. The molecule has 22 heavy (non-hydrogen) atoms. The first kappa shape index (κ1) is 14.8. The van der Waals surface area contributed by atoms with Crippen LogP contribution in [-0.4, -0.2) is 19.1 Å². The maximum absolute atomic E-state index is 13.6. The first-order valence-electron chi connectivity index (χ1n) is 6.71. The van der Waals surface area contributed by atoms with Gasteiger partial charge in [0.05, 0.1) is 5.69 Å². The van der Waals surface area contributed by atoms with Gasteiger partial charge in [-0.3, -0.25) is 4.79 Å². The highest BCUT2D eigenvalue weighted by Crippen LogP contribution is 2.38. The van der Waals surface area contributed by atoms with E-state index in [1.54, 1.807) is 31.2 Å². The monoisotopic (exact) mass is 365 g/mol. The Morgan fingerprint density at radius 2 is 1.86 bits per heavy atom. The second kappa shape index (κ2) is 5.96. The molecule has 1 N–H and O–H groups in total. The highest BCUT2D eigenvalue weighted by molar-refractivity contribution is 9.10. The molecule has 1 amide bonds. The number of nitrogens with one attached hydrogen (secondary N) is 1. The van der Waals surface area contributed by atoms with Crippen LogP contribution in [0.2, 0.25) is 0 Å². The molecule has 0 saturated heterocycles. The Bertz CT molecular complexity index is 748. The molecular formula is C16H13BrFNO3. The van der Waals surface area contributed by atoms with E-state index in [1.807, 2.05) is 0 Å². The first-order valence-corrected chi connectivity index (χ1v) is 7.50. The summed E-state index contributed by atoms with van der Waals surface area (Å²) in [6, 6.07) is 7.79. The van der Waals surface area contributed by atoms with Crippen LogP contribution >= 0.6 is 15.9 Å². The average Bonchev–Trinajstić information content (AvgIpc) is 2.50. The number of ether oxygens (including phenoxy) is 2. The summed E-state index contributed by atoms with van der Waals surface area (Å²) < 4.78 is 25.2. The lowest BCUT2D eigenvalue weighted by atomic mass is 10.1. The smallest absolute Gasteiger partial charge is 0.255 e. The highest BCUT2D eigenvalue weighted by Gasteiger charge is 2.17. The van der Waals surface area contributed by atoms with Crippen molar-refractivity contribution in [2.24, 2.45) is 0 Å². The maximum Gasteiger partial charge on any atom is 0.255 e. The average molecular weight is 366 g/mol. The normalized spacial score (nSPS) is 12.9. The Morgan fingerprint density at radius 3 is 2.55 bits per heavy atom. The Kier molecular flexibility index (Phi) is 4.02. The molecule has 0 atom stereocenters. The lowest BCUT2D eigenvalue weighted by Crippen LogP contribution is -2.17. The van der Waals surface area contributed by atoms with Crippen molar-refractivity contribution in [3.05, 3.63) is 51.7 Å². The quantitative estimate of drug-likeness (QED) is 0.877. The van der Waals surface area contributed by atoms with Gasteiger partial charge in [-0.1, -0.05) is 6.07 Å². The van der Waals surface area contributed by atoms with E-state index < -0.39 is 11.7 Å². The van der Waals surface area contributed by atoms with E-state index >= 15 is 0 Å². The summed E-state index contributed by atoms with van der Waals surface area (Å²) in [5.41, 5.74) is 1.29. The second-order valence-corrected chi connectivity index (χ2v) is 5.75. The van der Waals surface area contributed by atoms with Crippen molar-refractivity contribution in [1.82, 2.24) is 0 Å². The fourth-order valence-electron chi connectivity index (χ4n) is 2.09. The molecule has 0 bridgehead atoms. The minimum atomic E-state index is -0.408. The molecule has 0 saturated carbocycles. The molecule has 1 aliphatic rings. The number of carbonyl (C=O) groups excluding carboxylic acids is 1. The van der Waals surface area contributed by atoms with Gasteiger partial charge in [0.2, 0.25) is 0 Å². The number of aryl methyl sites for hydroxylation is 1. The molecule has 6 heteroatoms. The van der Waals surface area contributed by atoms with Crippen molar-refractivity contribution in [3.8, 4) is 11.5 Å². The maximum atomic E-state index is 13.6. The van der Waals surface area contributed by atoms with E-state index in [4.69, 9.17) is 9.47 Å². The second-order valence-electron chi connectivity index (χ2n) is 4.89. The number of hydrogen-bond donors (Lipinski definition) is 1. The van der Waals surface area contributed by atoms with E-state index in [9.17, 15) is 9.18 Å². The number of halogens is 2. The fourth-order valence-corrected chi connectivity index (χ4v) is 2.51. The van der Waals surface area contributed by atoms with Crippen LogP contribution < -0.4 is 14.8 Å². The zero-order chi connectivity index (χ0) is 15.7. The molecule has 114 valence electrons. The third kappa shape index (κ3) is 2.92. The van der Waals surface area contributed by atoms with Crippen molar-refractivity contribution < 1.29 is 18.7 Å². The van der Waals surface area contributed by atoms with E-state index in [0.29, 0.717) is 40.4 Å². The lowest BCUT2D eigenvalue weighted by Gasteiger charge is -2.20. The van der Waals surface area contributed by atoms with Gasteiger partial charge in [0.1, 0.15) is 19.0 Å². The molecule has 0 spiro atoms. The number of carbonyl (C=O) groups is 1. The van der Waals surface area contributed by atoms with Crippen molar-refractivity contribution in [1.29, 1.82) is 0 Å². The van der Waals surface area contributed by atoms with Crippen molar-refractivity contribution in [2.75, 3.05) is 18.5 Å². The minimum absolute atomic E-state index is 0.255. The van der Waals surface area contributed by atoms with Gasteiger partial charge < -0.3 is 14.8 Å². The molecule has 0 radical (unpaired) electrons. The molecule has 2 aromatic rings. The molecule has 0 fully saturated rings. The van der Waals surface area contributed by atoms with E-state index in [2.05, 4.69) is 21.2 Å². The standard InChI is InChI=1S/C16H13BrFNO3/c1-9-2-3-10(6-12(9)18)16(20)19-13-8-15-14(7-11(13)17)21-4-5-22-15/h2-3,6-8H,4-5H2,1H3,(H,19,20). The topological polar surface area (TPSA) is 47.6 Å². The minimum Gasteiger partial charge on any atom is -0.486 e. The molecule has 1 aliphatic heterocycles. The van der Waals surface area contributed by atoms with Crippen molar-refractivity contribution in [3.63, 3.8) is 0 Å². The van der Waals surface area contributed by atoms with Crippen LogP contribution in [-0.2, 0) is 0 Å². The Balaban J connectivity index is 1.86. The zero-order valence-corrected chi connectivity index (χ0v) is 13.4. The van der Waals surface area contributed by atoms with Gasteiger partial charge in [-0.05, 0) is 40.5 Å². The molecule has 2 aromatic carbocycles. The summed E-state index contributed by atoms with van der Waals surface area (Å²) in [6.07, 6.45) is 0. The van der Waals surface area contributed by atoms with Crippen molar-refractivity contribution >= 4 is 27.5 Å². The number of amides is 1. The largest absolute Gasteiger partial charge is 0.486 e. The number of benzene rings is 2. The van der Waals surface area contributed by atoms with E-state index in [-0.39, 0.29) is 5.56 Å². The summed E-state index contributed by atoms with van der Waals surface area (Å²) in [5, 5.41) is 2.74. The Hall–Kier alpha value is -2.08. The van der Waals surface area contributed by atoms with E-state index in [1.165, 1.54) is 6.07 Å². The Morgan fingerprint density at radius 1 is 1.18 bits per heavy atom. The molecule has 0 aliphatic carbocycles. The van der Waals surface area contributed by atoms with Crippen LogP contribution in [0.4, 0.5) is 10.1 Å². The van der Waals surface area contributed by atoms with Gasteiger partial charge in [0.15, 0.2) is 11.5 Å². The van der Waals surface area contributed by atoms with Gasteiger partial charge >= 0.3 is 0 Å². The van der Waals surface area contributed by atoms with Gasteiger partial charge in [0.25, 0.3) is 5.91 Å². The van der Waals surface area contributed by atoms with Crippen LogP contribution in [0.25, 0.3) is 0 Å². The Labute approximate surface area is 135 Å². The summed E-state index contributed by atoms with van der Waals surface area (Å²) in [4.78, 5) is 12.2. The lowest BCUT2D eigenvalue weighted by molar-refractivity contribution is 0.102. The SMILES string of the molecule is Cc1ccc(C(=O)Nc2cc3c(cc2Br)OCCO3)cc1F. The first-order chi connectivity index (χ1) is 10.5. The predicted octanol–water partition coefficient (Wildman–Crippen LogP) is 3.92. The van der Waals surface area contributed by atoms with Crippen LogP contribution in [0.5, 0.6) is 11.5 Å². The molecular weight excluding hydrogens is 353 g/mol. The van der Waals surface area contributed by atoms with Crippen LogP contribution in [0.1, 0.15) is 15.9 Å².